The number of benzene rings is 1. The molecule has 0 unspecified atom stereocenters. The number of aromatic carboxylic acids is 1. The molecule has 0 fully saturated rings. The first-order chi connectivity index (χ1) is 12.4. The van der Waals surface area contributed by atoms with E-state index in [-0.39, 0.29) is 28.0 Å². The van der Waals surface area contributed by atoms with Crippen molar-refractivity contribution >= 4 is 35.1 Å². The molecule has 0 aliphatic carbocycles. The molecule has 2 rings (SSSR count). The number of carbonyl (C=O) groups is 3. The second kappa shape index (κ2) is 8.53. The van der Waals surface area contributed by atoms with Gasteiger partial charge in [-0.2, -0.15) is 0 Å². The van der Waals surface area contributed by atoms with Crippen LogP contribution in [-0.2, 0) is 6.42 Å². The van der Waals surface area contributed by atoms with E-state index in [1.807, 2.05) is 6.92 Å². The largest absolute Gasteiger partial charge is 0.478 e. The topological polar surface area (TPSA) is 109 Å². The van der Waals surface area contributed by atoms with Crippen LogP contribution in [0.4, 0.5) is 5.69 Å². The van der Waals surface area contributed by atoms with Crippen LogP contribution in [0.25, 0.3) is 0 Å². The molecule has 0 saturated heterocycles. The Morgan fingerprint density at radius 2 is 1.85 bits per heavy atom. The number of furan rings is 1. The Morgan fingerprint density at radius 1 is 1.12 bits per heavy atom. The predicted molar refractivity (Wildman–Crippen MR) is 97.1 cm³/mol. The van der Waals surface area contributed by atoms with Crippen molar-refractivity contribution in [1.29, 1.82) is 0 Å². The number of halogens is 1. The molecule has 0 atom stereocenters. The first kappa shape index (κ1) is 19.5. The summed E-state index contributed by atoms with van der Waals surface area (Å²) in [5.74, 6) is -1.94. The quantitative estimate of drug-likeness (QED) is 0.682. The zero-order chi connectivity index (χ0) is 19.3. The first-order valence-corrected chi connectivity index (χ1v) is 8.50. The van der Waals surface area contributed by atoms with E-state index in [1.54, 1.807) is 6.92 Å². The SMILES string of the molecule is CCCNC(=O)c1ccc(NC(=O)c2cc(C(=O)O)c(CC)o2)cc1Cl. The molecule has 138 valence electrons. The maximum atomic E-state index is 12.3. The second-order valence-corrected chi connectivity index (χ2v) is 5.92. The number of amides is 2. The van der Waals surface area contributed by atoms with Gasteiger partial charge in [-0.05, 0) is 24.6 Å². The van der Waals surface area contributed by atoms with Gasteiger partial charge in [0.05, 0.1) is 10.6 Å². The third kappa shape index (κ3) is 4.43. The van der Waals surface area contributed by atoms with Gasteiger partial charge >= 0.3 is 5.97 Å². The molecular weight excluding hydrogens is 360 g/mol. The lowest BCUT2D eigenvalue weighted by Crippen LogP contribution is -2.24. The number of hydrogen-bond donors (Lipinski definition) is 3. The normalized spacial score (nSPS) is 10.4. The van der Waals surface area contributed by atoms with Crippen LogP contribution in [0.3, 0.4) is 0 Å². The highest BCUT2D eigenvalue weighted by molar-refractivity contribution is 6.34. The van der Waals surface area contributed by atoms with Gasteiger partial charge in [0.1, 0.15) is 11.3 Å². The maximum absolute atomic E-state index is 12.3. The predicted octanol–water partition coefficient (Wildman–Crippen LogP) is 3.59. The summed E-state index contributed by atoms with van der Waals surface area (Å²) in [6, 6.07) is 5.67. The number of hydrogen-bond acceptors (Lipinski definition) is 4. The maximum Gasteiger partial charge on any atom is 0.339 e. The van der Waals surface area contributed by atoms with E-state index < -0.39 is 11.9 Å². The molecular formula is C18H19ClN2O5. The highest BCUT2D eigenvalue weighted by Gasteiger charge is 2.20. The van der Waals surface area contributed by atoms with Gasteiger partial charge in [-0.1, -0.05) is 25.4 Å². The van der Waals surface area contributed by atoms with Gasteiger partial charge in [-0.15, -0.1) is 0 Å². The molecule has 0 spiro atoms. The van der Waals surface area contributed by atoms with Crippen molar-refractivity contribution < 1.29 is 23.9 Å². The van der Waals surface area contributed by atoms with Crippen molar-refractivity contribution in [2.24, 2.45) is 0 Å². The number of aryl methyl sites for hydroxylation is 1. The van der Waals surface area contributed by atoms with Gasteiger partial charge in [-0.3, -0.25) is 9.59 Å². The molecule has 0 saturated carbocycles. The Hall–Kier alpha value is -2.80. The van der Waals surface area contributed by atoms with E-state index in [9.17, 15) is 14.4 Å². The first-order valence-electron chi connectivity index (χ1n) is 8.12. The Labute approximate surface area is 155 Å². The average molecular weight is 379 g/mol. The molecule has 26 heavy (non-hydrogen) atoms. The van der Waals surface area contributed by atoms with Crippen molar-refractivity contribution in [1.82, 2.24) is 5.32 Å². The fourth-order valence-corrected chi connectivity index (χ4v) is 2.55. The highest BCUT2D eigenvalue weighted by Crippen LogP contribution is 2.23. The minimum Gasteiger partial charge on any atom is -0.478 e. The van der Waals surface area contributed by atoms with E-state index in [0.29, 0.717) is 24.2 Å². The Kier molecular flexibility index (Phi) is 6.41. The molecule has 2 aromatic rings. The molecule has 0 aliphatic rings. The summed E-state index contributed by atoms with van der Waals surface area (Å²) in [6.07, 6.45) is 1.15. The summed E-state index contributed by atoms with van der Waals surface area (Å²) in [5.41, 5.74) is 0.620. The van der Waals surface area contributed by atoms with Crippen molar-refractivity contribution in [2.45, 2.75) is 26.7 Å². The number of anilines is 1. The molecule has 1 aromatic carbocycles. The van der Waals surface area contributed by atoms with E-state index in [4.69, 9.17) is 21.1 Å². The summed E-state index contributed by atoms with van der Waals surface area (Å²) in [7, 11) is 0. The van der Waals surface area contributed by atoms with Gasteiger partial charge < -0.3 is 20.2 Å². The summed E-state index contributed by atoms with van der Waals surface area (Å²) in [4.78, 5) is 35.4. The zero-order valence-electron chi connectivity index (χ0n) is 14.4. The summed E-state index contributed by atoms with van der Waals surface area (Å²) < 4.78 is 5.31. The number of carbonyl (C=O) groups excluding carboxylic acids is 2. The molecule has 1 aromatic heterocycles. The van der Waals surface area contributed by atoms with Crippen LogP contribution in [0.1, 0.15) is 57.3 Å². The number of carboxylic acid groups (broad SMARTS) is 1. The molecule has 7 nitrogen and oxygen atoms in total. The van der Waals surface area contributed by atoms with Gasteiger partial charge in [0.2, 0.25) is 0 Å². The van der Waals surface area contributed by atoms with Crippen LogP contribution in [0.15, 0.2) is 28.7 Å². The monoisotopic (exact) mass is 378 g/mol. The summed E-state index contributed by atoms with van der Waals surface area (Å²) >= 11 is 6.11. The van der Waals surface area contributed by atoms with Crippen LogP contribution < -0.4 is 10.6 Å². The van der Waals surface area contributed by atoms with Crippen molar-refractivity contribution in [3.8, 4) is 0 Å². The lowest BCUT2D eigenvalue weighted by Gasteiger charge is -2.08. The lowest BCUT2D eigenvalue weighted by molar-refractivity contribution is 0.0694. The third-order valence-corrected chi connectivity index (χ3v) is 3.90. The summed E-state index contributed by atoms with van der Waals surface area (Å²) in [6.45, 7) is 4.21. The van der Waals surface area contributed by atoms with Crippen molar-refractivity contribution in [2.75, 3.05) is 11.9 Å². The fraction of sp³-hybridized carbons (Fsp3) is 0.278. The minimum absolute atomic E-state index is 0.0429. The van der Waals surface area contributed by atoms with E-state index in [2.05, 4.69) is 10.6 Å². The standard InChI is InChI=1S/C18H19ClN2O5/c1-3-7-20-16(22)11-6-5-10(8-13(11)19)21-17(23)15-9-12(18(24)25)14(4-2)26-15/h5-6,8-9H,3-4,7H2,1-2H3,(H,20,22)(H,21,23)(H,24,25). The van der Waals surface area contributed by atoms with Crippen LogP contribution in [0.2, 0.25) is 5.02 Å². The number of carboxylic acids is 1. The van der Waals surface area contributed by atoms with Crippen LogP contribution in [0, 0.1) is 0 Å². The fourth-order valence-electron chi connectivity index (χ4n) is 2.29. The minimum atomic E-state index is -1.16. The van der Waals surface area contributed by atoms with Gasteiger partial charge in [0.25, 0.3) is 11.8 Å². The second-order valence-electron chi connectivity index (χ2n) is 5.51. The van der Waals surface area contributed by atoms with Gasteiger partial charge in [0, 0.05) is 24.7 Å². The van der Waals surface area contributed by atoms with Gasteiger partial charge in [-0.25, -0.2) is 4.79 Å². The molecule has 0 aliphatic heterocycles. The number of rotatable bonds is 7. The van der Waals surface area contributed by atoms with Crippen molar-refractivity contribution in [3.63, 3.8) is 0 Å². The van der Waals surface area contributed by atoms with Crippen molar-refractivity contribution in [3.05, 3.63) is 51.9 Å². The van der Waals surface area contributed by atoms with E-state index >= 15 is 0 Å². The lowest BCUT2D eigenvalue weighted by atomic mass is 10.2. The Morgan fingerprint density at radius 3 is 2.38 bits per heavy atom. The van der Waals surface area contributed by atoms with Gasteiger partial charge in [0.15, 0.2) is 5.76 Å². The molecule has 1 heterocycles. The molecule has 0 bridgehead atoms. The Balaban J connectivity index is 2.16. The number of nitrogens with one attached hydrogen (secondary N) is 2. The van der Waals surface area contributed by atoms with Crippen LogP contribution in [0.5, 0.6) is 0 Å². The third-order valence-electron chi connectivity index (χ3n) is 3.59. The molecule has 0 radical (unpaired) electrons. The van der Waals surface area contributed by atoms with E-state index in [1.165, 1.54) is 24.3 Å². The van der Waals surface area contributed by atoms with E-state index in [0.717, 1.165) is 6.42 Å². The molecule has 3 N–H and O–H groups in total. The average Bonchev–Trinajstić information content (AvgIpc) is 3.04. The highest BCUT2D eigenvalue weighted by atomic mass is 35.5. The Bertz CT molecular complexity index is 844. The smallest absolute Gasteiger partial charge is 0.339 e. The van der Waals surface area contributed by atoms with Crippen LogP contribution >= 0.6 is 11.6 Å². The molecule has 2 amide bonds. The summed E-state index contributed by atoms with van der Waals surface area (Å²) in [5, 5.41) is 14.6. The zero-order valence-corrected chi connectivity index (χ0v) is 15.1. The molecule has 8 heteroatoms. The van der Waals surface area contributed by atoms with Crippen LogP contribution in [-0.4, -0.2) is 29.4 Å².